The van der Waals surface area contributed by atoms with Gasteiger partial charge >= 0.3 is 5.97 Å². The van der Waals surface area contributed by atoms with Crippen LogP contribution in [-0.4, -0.2) is 19.6 Å². The molecule has 18 heavy (non-hydrogen) atoms. The molecular weight excluding hydrogens is 226 g/mol. The van der Waals surface area contributed by atoms with E-state index in [2.05, 4.69) is 5.32 Å². The van der Waals surface area contributed by atoms with E-state index in [4.69, 9.17) is 4.74 Å². The van der Waals surface area contributed by atoms with Crippen LogP contribution in [-0.2, 0) is 9.53 Å². The number of carbonyl (C=O) groups excluding carboxylic acids is 1. The lowest BCUT2D eigenvalue weighted by molar-refractivity contribution is -0.133. The van der Waals surface area contributed by atoms with Crippen molar-refractivity contribution in [2.75, 3.05) is 13.7 Å². The number of allylic oxidation sites excluding steroid dienone is 1. The first-order valence-corrected chi connectivity index (χ1v) is 6.34. The number of nitrogens with one attached hydrogen (secondary N) is 1. The Balaban J connectivity index is 2.41. The topological polar surface area (TPSA) is 38.3 Å². The van der Waals surface area contributed by atoms with E-state index >= 15 is 0 Å². The molecule has 0 unspecified atom stereocenters. The van der Waals surface area contributed by atoms with Crippen molar-refractivity contribution in [3.63, 3.8) is 0 Å². The standard InChI is InChI=1S/C15H19NO2/c1-11-6-8-12(9-7-11)14(15(17)18-2)13-5-3-4-10-16-13/h6-9,16H,3-5,10H2,1-2H3. The zero-order chi connectivity index (χ0) is 13.0. The minimum atomic E-state index is -0.261. The van der Waals surface area contributed by atoms with E-state index in [1.807, 2.05) is 31.2 Å². The summed E-state index contributed by atoms with van der Waals surface area (Å²) >= 11 is 0. The largest absolute Gasteiger partial charge is 0.465 e. The fraction of sp³-hybridized carbons (Fsp3) is 0.400. The highest BCUT2D eigenvalue weighted by atomic mass is 16.5. The van der Waals surface area contributed by atoms with Crippen molar-refractivity contribution in [3.8, 4) is 0 Å². The number of benzene rings is 1. The fourth-order valence-corrected chi connectivity index (χ4v) is 2.21. The van der Waals surface area contributed by atoms with Gasteiger partial charge in [0, 0.05) is 12.2 Å². The molecule has 0 atom stereocenters. The second-order valence-corrected chi connectivity index (χ2v) is 4.60. The molecular formula is C15H19NO2. The van der Waals surface area contributed by atoms with Gasteiger partial charge in [-0.15, -0.1) is 0 Å². The van der Waals surface area contributed by atoms with E-state index in [1.165, 1.54) is 12.7 Å². The number of aryl methyl sites for hydroxylation is 1. The first-order chi connectivity index (χ1) is 8.72. The van der Waals surface area contributed by atoms with Crippen LogP contribution in [0.2, 0.25) is 0 Å². The molecule has 0 amide bonds. The molecule has 1 aliphatic heterocycles. The quantitative estimate of drug-likeness (QED) is 0.643. The molecule has 0 saturated carbocycles. The minimum absolute atomic E-state index is 0.261. The molecule has 3 heteroatoms. The molecule has 2 rings (SSSR count). The van der Waals surface area contributed by atoms with Crippen LogP contribution in [0.3, 0.4) is 0 Å². The lowest BCUT2D eigenvalue weighted by Crippen LogP contribution is -2.23. The van der Waals surface area contributed by atoms with Crippen molar-refractivity contribution in [1.82, 2.24) is 5.32 Å². The van der Waals surface area contributed by atoms with E-state index in [0.29, 0.717) is 5.57 Å². The summed E-state index contributed by atoms with van der Waals surface area (Å²) in [6.45, 7) is 2.97. The number of methoxy groups -OCH3 is 1. The predicted molar refractivity (Wildman–Crippen MR) is 72.0 cm³/mol. The maximum absolute atomic E-state index is 12.0. The first-order valence-electron chi connectivity index (χ1n) is 6.34. The van der Waals surface area contributed by atoms with Crippen molar-refractivity contribution >= 4 is 11.5 Å². The third-order valence-corrected chi connectivity index (χ3v) is 3.22. The van der Waals surface area contributed by atoms with Gasteiger partial charge in [0.05, 0.1) is 12.7 Å². The van der Waals surface area contributed by atoms with E-state index in [1.54, 1.807) is 0 Å². The Hall–Kier alpha value is -1.77. The molecule has 0 spiro atoms. The molecule has 0 bridgehead atoms. The highest BCUT2D eigenvalue weighted by Crippen LogP contribution is 2.24. The zero-order valence-electron chi connectivity index (χ0n) is 11.0. The second kappa shape index (κ2) is 5.71. The summed E-state index contributed by atoms with van der Waals surface area (Å²) < 4.78 is 4.91. The van der Waals surface area contributed by atoms with Gasteiger partial charge in [-0.3, -0.25) is 0 Å². The van der Waals surface area contributed by atoms with Crippen LogP contribution in [0.4, 0.5) is 0 Å². The number of hydrogen-bond acceptors (Lipinski definition) is 3. The third kappa shape index (κ3) is 2.73. The summed E-state index contributed by atoms with van der Waals surface area (Å²) in [5.41, 5.74) is 3.80. The molecule has 3 nitrogen and oxygen atoms in total. The molecule has 1 aromatic rings. The van der Waals surface area contributed by atoms with Crippen molar-refractivity contribution in [3.05, 3.63) is 41.1 Å². The van der Waals surface area contributed by atoms with Gasteiger partial charge in [0.2, 0.25) is 0 Å². The average Bonchev–Trinajstić information content (AvgIpc) is 2.42. The Morgan fingerprint density at radius 2 is 1.94 bits per heavy atom. The maximum atomic E-state index is 12.0. The molecule has 0 aromatic heterocycles. The van der Waals surface area contributed by atoms with Crippen LogP contribution in [0.25, 0.3) is 5.57 Å². The Bertz CT molecular complexity index is 452. The van der Waals surface area contributed by atoms with Crippen molar-refractivity contribution in [1.29, 1.82) is 0 Å². The van der Waals surface area contributed by atoms with Crippen molar-refractivity contribution in [2.45, 2.75) is 26.2 Å². The van der Waals surface area contributed by atoms with Gasteiger partial charge in [0.1, 0.15) is 0 Å². The van der Waals surface area contributed by atoms with Gasteiger partial charge in [0.15, 0.2) is 0 Å². The highest BCUT2D eigenvalue weighted by Gasteiger charge is 2.19. The van der Waals surface area contributed by atoms with Gasteiger partial charge in [-0.2, -0.15) is 0 Å². The lowest BCUT2D eigenvalue weighted by Gasteiger charge is -2.20. The van der Waals surface area contributed by atoms with Gasteiger partial charge in [-0.05, 0) is 31.7 Å². The van der Waals surface area contributed by atoms with E-state index in [9.17, 15) is 4.79 Å². The van der Waals surface area contributed by atoms with Crippen LogP contribution >= 0.6 is 0 Å². The monoisotopic (exact) mass is 245 g/mol. The Morgan fingerprint density at radius 3 is 2.50 bits per heavy atom. The molecule has 1 aromatic carbocycles. The molecule has 1 saturated heterocycles. The van der Waals surface area contributed by atoms with Crippen LogP contribution in [0.5, 0.6) is 0 Å². The molecule has 0 radical (unpaired) electrons. The SMILES string of the molecule is COC(=O)C(=C1CCCCN1)c1ccc(C)cc1. The molecule has 0 aliphatic carbocycles. The Morgan fingerprint density at radius 1 is 1.22 bits per heavy atom. The summed E-state index contributed by atoms with van der Waals surface area (Å²) in [7, 11) is 1.43. The lowest BCUT2D eigenvalue weighted by atomic mass is 9.98. The summed E-state index contributed by atoms with van der Waals surface area (Å²) in [6, 6.07) is 7.99. The molecule has 96 valence electrons. The predicted octanol–water partition coefficient (Wildman–Crippen LogP) is 2.65. The molecule has 1 aliphatic rings. The summed E-state index contributed by atoms with van der Waals surface area (Å²) in [5.74, 6) is -0.261. The van der Waals surface area contributed by atoms with Crippen LogP contribution in [0.1, 0.15) is 30.4 Å². The fourth-order valence-electron chi connectivity index (χ4n) is 2.21. The second-order valence-electron chi connectivity index (χ2n) is 4.60. The van der Waals surface area contributed by atoms with Crippen molar-refractivity contribution in [2.24, 2.45) is 0 Å². The first kappa shape index (κ1) is 12.7. The number of ether oxygens (including phenoxy) is 1. The molecule has 1 fully saturated rings. The van der Waals surface area contributed by atoms with Gasteiger partial charge < -0.3 is 10.1 Å². The van der Waals surface area contributed by atoms with E-state index in [0.717, 1.165) is 37.1 Å². The minimum Gasteiger partial charge on any atom is -0.465 e. The summed E-state index contributed by atoms with van der Waals surface area (Å²) in [6.07, 6.45) is 3.19. The summed E-state index contributed by atoms with van der Waals surface area (Å²) in [5, 5.41) is 3.33. The summed E-state index contributed by atoms with van der Waals surface area (Å²) in [4.78, 5) is 12.0. The van der Waals surface area contributed by atoms with Crippen LogP contribution < -0.4 is 5.32 Å². The van der Waals surface area contributed by atoms with Crippen LogP contribution in [0, 0.1) is 6.92 Å². The van der Waals surface area contributed by atoms with Gasteiger partial charge in [-0.25, -0.2) is 4.79 Å². The zero-order valence-corrected chi connectivity index (χ0v) is 11.0. The van der Waals surface area contributed by atoms with Crippen LogP contribution in [0.15, 0.2) is 30.0 Å². The molecule has 1 heterocycles. The number of esters is 1. The number of rotatable bonds is 2. The smallest absolute Gasteiger partial charge is 0.340 e. The maximum Gasteiger partial charge on any atom is 0.340 e. The highest BCUT2D eigenvalue weighted by molar-refractivity contribution is 6.17. The third-order valence-electron chi connectivity index (χ3n) is 3.22. The van der Waals surface area contributed by atoms with E-state index in [-0.39, 0.29) is 5.97 Å². The number of hydrogen-bond donors (Lipinski definition) is 1. The average molecular weight is 245 g/mol. The Labute approximate surface area is 108 Å². The van der Waals surface area contributed by atoms with Gasteiger partial charge in [-0.1, -0.05) is 29.8 Å². The van der Waals surface area contributed by atoms with Gasteiger partial charge in [0.25, 0.3) is 0 Å². The molecule has 1 N–H and O–H groups in total. The number of piperidine rings is 1. The van der Waals surface area contributed by atoms with E-state index < -0.39 is 0 Å². The van der Waals surface area contributed by atoms with Crippen molar-refractivity contribution < 1.29 is 9.53 Å². The number of carbonyl (C=O) groups is 1. The Kier molecular flexibility index (Phi) is 4.03. The normalized spacial score (nSPS) is 17.9.